The third-order valence-electron chi connectivity index (χ3n) is 5.90. The minimum atomic E-state index is -0.000963. The van der Waals surface area contributed by atoms with Gasteiger partial charge in [-0.1, -0.05) is 19.3 Å². The predicted molar refractivity (Wildman–Crippen MR) is 110 cm³/mol. The van der Waals surface area contributed by atoms with Crippen LogP contribution in [0.1, 0.15) is 43.4 Å². The van der Waals surface area contributed by atoms with E-state index in [1.165, 1.54) is 13.5 Å². The molecule has 1 fully saturated rings. The second-order valence-electron chi connectivity index (χ2n) is 7.96. The number of nitrogens with zero attached hydrogens (tertiary/aromatic N) is 1. The fourth-order valence-electron chi connectivity index (χ4n) is 4.23. The molecule has 0 spiro atoms. The zero-order chi connectivity index (χ0) is 20.2. The molecule has 6 nitrogen and oxygen atoms in total. The van der Waals surface area contributed by atoms with Crippen molar-refractivity contribution < 1.29 is 18.7 Å². The number of anilines is 1. The summed E-state index contributed by atoms with van der Waals surface area (Å²) in [5, 5.41) is 3.04. The number of methoxy groups -OCH3 is 1. The number of benzene rings is 1. The first kappa shape index (κ1) is 19.7. The third kappa shape index (κ3) is 4.53. The van der Waals surface area contributed by atoms with Crippen LogP contribution in [0.15, 0.2) is 34.7 Å². The average molecular weight is 396 g/mol. The van der Waals surface area contributed by atoms with E-state index in [4.69, 9.17) is 9.15 Å². The summed E-state index contributed by atoms with van der Waals surface area (Å²) in [5.74, 6) is 2.01. The Morgan fingerprint density at radius 1 is 1.17 bits per heavy atom. The number of carbonyl (C=O) groups excluding carboxylic acids is 2. The van der Waals surface area contributed by atoms with Crippen molar-refractivity contribution in [3.63, 3.8) is 0 Å². The minimum Gasteiger partial charge on any atom is -0.461 e. The van der Waals surface area contributed by atoms with Crippen LogP contribution in [-0.2, 0) is 27.3 Å². The largest absolute Gasteiger partial charge is 0.461 e. The summed E-state index contributed by atoms with van der Waals surface area (Å²) in [6, 6.07) is 9.79. The van der Waals surface area contributed by atoms with E-state index in [0.29, 0.717) is 19.5 Å². The molecule has 2 aromatic rings. The Morgan fingerprint density at radius 3 is 2.66 bits per heavy atom. The molecule has 0 bridgehead atoms. The molecule has 0 atom stereocenters. The van der Waals surface area contributed by atoms with Crippen molar-refractivity contribution in [1.29, 1.82) is 0 Å². The number of ether oxygens (including phenoxy) is 1. The SMILES string of the molecule is COCC(=O)N1CCc2oc(-c3ccc(NC(=O)C4CCCCC4)cc3)cc2C1. The van der Waals surface area contributed by atoms with Gasteiger partial charge in [0, 0.05) is 49.4 Å². The zero-order valence-corrected chi connectivity index (χ0v) is 16.9. The van der Waals surface area contributed by atoms with Gasteiger partial charge in [0.05, 0.1) is 0 Å². The van der Waals surface area contributed by atoms with Gasteiger partial charge in [0.1, 0.15) is 18.1 Å². The molecule has 2 aliphatic rings. The van der Waals surface area contributed by atoms with Gasteiger partial charge in [-0.25, -0.2) is 0 Å². The Kier molecular flexibility index (Phi) is 6.00. The molecule has 1 aliphatic heterocycles. The highest BCUT2D eigenvalue weighted by atomic mass is 16.5. The highest BCUT2D eigenvalue weighted by Crippen LogP contribution is 2.31. The van der Waals surface area contributed by atoms with Crippen molar-refractivity contribution in [2.45, 2.75) is 45.1 Å². The summed E-state index contributed by atoms with van der Waals surface area (Å²) in [6.45, 7) is 1.30. The number of hydrogen-bond acceptors (Lipinski definition) is 4. The van der Waals surface area contributed by atoms with E-state index in [9.17, 15) is 9.59 Å². The Hall–Kier alpha value is -2.60. The zero-order valence-electron chi connectivity index (χ0n) is 16.9. The number of amides is 2. The summed E-state index contributed by atoms with van der Waals surface area (Å²) in [4.78, 5) is 26.3. The maximum Gasteiger partial charge on any atom is 0.248 e. The molecule has 1 aromatic carbocycles. The first-order valence-electron chi connectivity index (χ1n) is 10.4. The molecule has 0 saturated heterocycles. The van der Waals surface area contributed by atoms with Crippen molar-refractivity contribution in [3.8, 4) is 11.3 Å². The van der Waals surface area contributed by atoms with Gasteiger partial charge in [0.25, 0.3) is 0 Å². The van der Waals surface area contributed by atoms with Crippen molar-refractivity contribution in [2.75, 3.05) is 25.6 Å². The van der Waals surface area contributed by atoms with Crippen LogP contribution in [-0.4, -0.2) is 37.0 Å². The van der Waals surface area contributed by atoms with Crippen LogP contribution in [0.3, 0.4) is 0 Å². The lowest BCUT2D eigenvalue weighted by Crippen LogP contribution is -2.37. The first-order valence-corrected chi connectivity index (χ1v) is 10.4. The number of fused-ring (bicyclic) bond motifs is 1. The smallest absolute Gasteiger partial charge is 0.248 e. The predicted octanol–water partition coefficient (Wildman–Crippen LogP) is 4.00. The van der Waals surface area contributed by atoms with E-state index < -0.39 is 0 Å². The molecule has 1 aromatic heterocycles. The maximum absolute atomic E-state index is 12.4. The van der Waals surface area contributed by atoms with E-state index >= 15 is 0 Å². The van der Waals surface area contributed by atoms with Gasteiger partial charge >= 0.3 is 0 Å². The van der Waals surface area contributed by atoms with Crippen LogP contribution >= 0.6 is 0 Å². The van der Waals surface area contributed by atoms with Gasteiger partial charge in [0.2, 0.25) is 11.8 Å². The molecular weight excluding hydrogens is 368 g/mol. The van der Waals surface area contributed by atoms with Crippen LogP contribution in [0.4, 0.5) is 5.69 Å². The number of hydrogen-bond donors (Lipinski definition) is 1. The number of rotatable bonds is 5. The summed E-state index contributed by atoms with van der Waals surface area (Å²) >= 11 is 0. The normalized spacial score (nSPS) is 17.1. The van der Waals surface area contributed by atoms with E-state index in [0.717, 1.165) is 54.0 Å². The Balaban J connectivity index is 1.41. The number of carbonyl (C=O) groups is 2. The van der Waals surface area contributed by atoms with Crippen LogP contribution in [0, 0.1) is 5.92 Å². The molecule has 1 aliphatic carbocycles. The van der Waals surface area contributed by atoms with Crippen molar-refractivity contribution in [3.05, 3.63) is 41.7 Å². The quantitative estimate of drug-likeness (QED) is 0.829. The topological polar surface area (TPSA) is 71.8 Å². The molecule has 4 rings (SSSR count). The molecular formula is C23H28N2O4. The fourth-order valence-corrected chi connectivity index (χ4v) is 4.23. The lowest BCUT2D eigenvalue weighted by molar-refractivity contribution is -0.136. The van der Waals surface area contributed by atoms with Gasteiger partial charge < -0.3 is 19.4 Å². The number of furan rings is 1. The third-order valence-corrected chi connectivity index (χ3v) is 5.90. The van der Waals surface area contributed by atoms with Gasteiger partial charge in [-0.15, -0.1) is 0 Å². The van der Waals surface area contributed by atoms with E-state index in [2.05, 4.69) is 5.32 Å². The van der Waals surface area contributed by atoms with Gasteiger partial charge in [-0.2, -0.15) is 0 Å². The monoisotopic (exact) mass is 396 g/mol. The summed E-state index contributed by atoms with van der Waals surface area (Å²) in [6.07, 6.45) is 6.23. The summed E-state index contributed by atoms with van der Waals surface area (Å²) in [7, 11) is 1.53. The van der Waals surface area contributed by atoms with Crippen molar-refractivity contribution in [2.24, 2.45) is 5.92 Å². The standard InChI is InChI=1S/C23H28N2O4/c1-28-15-22(26)25-12-11-20-18(14-25)13-21(29-20)16-7-9-19(10-8-16)24-23(27)17-5-3-2-4-6-17/h7-10,13,17H,2-6,11-12,14-15H2,1H3,(H,24,27). The number of nitrogens with one attached hydrogen (secondary N) is 1. The van der Waals surface area contributed by atoms with Crippen LogP contribution in [0.25, 0.3) is 11.3 Å². The van der Waals surface area contributed by atoms with Crippen LogP contribution in [0.5, 0.6) is 0 Å². The fraction of sp³-hybridized carbons (Fsp3) is 0.478. The highest BCUT2D eigenvalue weighted by molar-refractivity contribution is 5.92. The molecule has 6 heteroatoms. The van der Waals surface area contributed by atoms with E-state index in [-0.39, 0.29) is 24.3 Å². The second kappa shape index (κ2) is 8.82. The maximum atomic E-state index is 12.4. The molecule has 1 N–H and O–H groups in total. The first-order chi connectivity index (χ1) is 14.1. The molecule has 2 amide bonds. The van der Waals surface area contributed by atoms with E-state index in [1.807, 2.05) is 30.3 Å². The highest BCUT2D eigenvalue weighted by Gasteiger charge is 2.24. The van der Waals surface area contributed by atoms with Gasteiger partial charge in [0.15, 0.2) is 0 Å². The lowest BCUT2D eigenvalue weighted by Gasteiger charge is -2.25. The minimum absolute atomic E-state index is 0.000963. The molecule has 0 radical (unpaired) electrons. The average Bonchev–Trinajstić information content (AvgIpc) is 3.18. The molecule has 29 heavy (non-hydrogen) atoms. The lowest BCUT2D eigenvalue weighted by atomic mass is 9.88. The summed E-state index contributed by atoms with van der Waals surface area (Å²) in [5.41, 5.74) is 2.83. The Morgan fingerprint density at radius 2 is 1.93 bits per heavy atom. The molecule has 1 saturated carbocycles. The Labute approximate surface area is 171 Å². The second-order valence-corrected chi connectivity index (χ2v) is 7.96. The summed E-state index contributed by atoms with van der Waals surface area (Å²) < 4.78 is 11.0. The van der Waals surface area contributed by atoms with Crippen LogP contribution in [0.2, 0.25) is 0 Å². The Bertz CT molecular complexity index is 866. The molecule has 2 heterocycles. The van der Waals surface area contributed by atoms with Gasteiger partial charge in [-0.05, 0) is 43.2 Å². The van der Waals surface area contributed by atoms with Crippen LogP contribution < -0.4 is 5.32 Å². The molecule has 154 valence electrons. The molecule has 0 unspecified atom stereocenters. The van der Waals surface area contributed by atoms with Crippen molar-refractivity contribution in [1.82, 2.24) is 4.90 Å². The van der Waals surface area contributed by atoms with E-state index in [1.54, 1.807) is 4.90 Å². The van der Waals surface area contributed by atoms with Gasteiger partial charge in [-0.3, -0.25) is 9.59 Å². The van der Waals surface area contributed by atoms with Crippen molar-refractivity contribution >= 4 is 17.5 Å².